The van der Waals surface area contributed by atoms with Crippen molar-refractivity contribution in [3.8, 4) is 5.75 Å². The molecule has 104 valence electrons. The van der Waals surface area contributed by atoms with E-state index in [4.69, 9.17) is 9.94 Å². The van der Waals surface area contributed by atoms with Crippen molar-refractivity contribution in [2.24, 2.45) is 5.16 Å². The highest BCUT2D eigenvalue weighted by Gasteiger charge is 2.09. The van der Waals surface area contributed by atoms with E-state index < -0.39 is 5.82 Å². The largest absolute Gasteiger partial charge is 0.488 e. The fourth-order valence-corrected chi connectivity index (χ4v) is 1.97. The van der Waals surface area contributed by atoms with Crippen molar-refractivity contribution >= 4 is 21.6 Å². The molecule has 0 aliphatic heterocycles. The maximum absolute atomic E-state index is 13.3. The van der Waals surface area contributed by atoms with Gasteiger partial charge in [0.05, 0.1) is 5.71 Å². The molecule has 2 aromatic rings. The van der Waals surface area contributed by atoms with Gasteiger partial charge >= 0.3 is 0 Å². The lowest BCUT2D eigenvalue weighted by Gasteiger charge is -2.11. The Morgan fingerprint density at radius 1 is 1.25 bits per heavy atom. The summed E-state index contributed by atoms with van der Waals surface area (Å²) in [5.74, 6) is -0.0477. The molecule has 0 amide bonds. The zero-order valence-corrected chi connectivity index (χ0v) is 12.4. The Kier molecular flexibility index (Phi) is 4.74. The van der Waals surface area contributed by atoms with E-state index in [0.717, 1.165) is 10.0 Å². The number of benzene rings is 2. The summed E-state index contributed by atoms with van der Waals surface area (Å²) < 4.78 is 19.9. The van der Waals surface area contributed by atoms with Crippen LogP contribution in [0.15, 0.2) is 52.1 Å². The number of hydrogen-bond donors (Lipinski definition) is 1. The second kappa shape index (κ2) is 6.52. The number of hydrogen-bond acceptors (Lipinski definition) is 3. The zero-order chi connectivity index (χ0) is 14.5. The van der Waals surface area contributed by atoms with Crippen LogP contribution < -0.4 is 4.74 Å². The molecule has 0 radical (unpaired) electrons. The van der Waals surface area contributed by atoms with Gasteiger partial charge in [0.2, 0.25) is 0 Å². The van der Waals surface area contributed by atoms with E-state index in [0.29, 0.717) is 23.6 Å². The van der Waals surface area contributed by atoms with Crippen LogP contribution in [-0.2, 0) is 6.61 Å². The molecule has 0 aliphatic carbocycles. The summed E-state index contributed by atoms with van der Waals surface area (Å²) in [5.41, 5.74) is 1.89. The standard InChI is InChI=1S/C15H13BrFNO2/c1-10(18-19)14-7-6-13(17)8-15(14)20-9-11-2-4-12(16)5-3-11/h2-8,19H,9H2,1H3. The Morgan fingerprint density at radius 3 is 2.60 bits per heavy atom. The van der Waals surface area contributed by atoms with Crippen LogP contribution in [0.3, 0.4) is 0 Å². The number of nitrogens with zero attached hydrogens (tertiary/aromatic N) is 1. The van der Waals surface area contributed by atoms with Crippen molar-refractivity contribution in [3.63, 3.8) is 0 Å². The number of oxime groups is 1. The minimum absolute atomic E-state index is 0.308. The third-order valence-corrected chi connectivity index (χ3v) is 3.32. The van der Waals surface area contributed by atoms with Crippen LogP contribution in [0.25, 0.3) is 0 Å². The van der Waals surface area contributed by atoms with Gasteiger partial charge in [-0.05, 0) is 36.8 Å². The molecular weight excluding hydrogens is 325 g/mol. The first-order valence-electron chi connectivity index (χ1n) is 5.96. The lowest BCUT2D eigenvalue weighted by Crippen LogP contribution is -2.03. The molecule has 0 aliphatic rings. The molecule has 1 N–H and O–H groups in total. The van der Waals surface area contributed by atoms with Gasteiger partial charge in [0.15, 0.2) is 0 Å². The Hall–Kier alpha value is -1.88. The monoisotopic (exact) mass is 337 g/mol. The Morgan fingerprint density at radius 2 is 1.95 bits per heavy atom. The van der Waals surface area contributed by atoms with Crippen LogP contribution in [0.2, 0.25) is 0 Å². The maximum Gasteiger partial charge on any atom is 0.131 e. The predicted molar refractivity (Wildman–Crippen MR) is 78.9 cm³/mol. The highest BCUT2D eigenvalue weighted by atomic mass is 79.9. The summed E-state index contributed by atoms with van der Waals surface area (Å²) >= 11 is 3.36. The Balaban J connectivity index is 2.20. The molecular formula is C15H13BrFNO2. The van der Waals surface area contributed by atoms with Crippen LogP contribution in [0.1, 0.15) is 18.1 Å². The first kappa shape index (κ1) is 14.5. The summed E-state index contributed by atoms with van der Waals surface area (Å²) in [6.45, 7) is 1.93. The van der Waals surface area contributed by atoms with Crippen molar-refractivity contribution < 1.29 is 14.3 Å². The molecule has 0 aromatic heterocycles. The summed E-state index contributed by atoms with van der Waals surface area (Å²) in [4.78, 5) is 0. The Bertz CT molecular complexity index is 626. The van der Waals surface area contributed by atoms with Crippen molar-refractivity contribution in [2.45, 2.75) is 13.5 Å². The smallest absolute Gasteiger partial charge is 0.131 e. The molecule has 0 saturated carbocycles. The first-order chi connectivity index (χ1) is 9.60. The van der Waals surface area contributed by atoms with E-state index in [2.05, 4.69) is 21.1 Å². The number of rotatable bonds is 4. The van der Waals surface area contributed by atoms with Gasteiger partial charge in [-0.2, -0.15) is 0 Å². The van der Waals surface area contributed by atoms with Crippen molar-refractivity contribution in [1.82, 2.24) is 0 Å². The number of halogens is 2. The number of ether oxygens (including phenoxy) is 1. The highest BCUT2D eigenvalue weighted by molar-refractivity contribution is 9.10. The van der Waals surface area contributed by atoms with E-state index in [1.165, 1.54) is 18.2 Å². The van der Waals surface area contributed by atoms with Gasteiger partial charge < -0.3 is 9.94 Å². The molecule has 0 heterocycles. The lowest BCUT2D eigenvalue weighted by atomic mass is 10.1. The SMILES string of the molecule is CC(=NO)c1ccc(F)cc1OCc1ccc(Br)cc1. The van der Waals surface area contributed by atoms with E-state index >= 15 is 0 Å². The molecule has 0 unspecified atom stereocenters. The molecule has 0 bridgehead atoms. The molecule has 3 nitrogen and oxygen atoms in total. The van der Waals surface area contributed by atoms with Crippen LogP contribution in [0, 0.1) is 5.82 Å². The second-order valence-corrected chi connectivity index (χ2v) is 5.16. The molecule has 5 heteroatoms. The van der Waals surface area contributed by atoms with Crippen LogP contribution >= 0.6 is 15.9 Å². The molecule has 2 rings (SSSR count). The van der Waals surface area contributed by atoms with Crippen LogP contribution in [-0.4, -0.2) is 10.9 Å². The lowest BCUT2D eigenvalue weighted by molar-refractivity contribution is 0.302. The highest BCUT2D eigenvalue weighted by Crippen LogP contribution is 2.22. The van der Waals surface area contributed by atoms with Gasteiger partial charge in [-0.25, -0.2) is 4.39 Å². The second-order valence-electron chi connectivity index (χ2n) is 4.24. The normalized spacial score (nSPS) is 11.4. The molecule has 0 atom stereocenters. The van der Waals surface area contributed by atoms with Gasteiger partial charge in [-0.1, -0.05) is 33.2 Å². The van der Waals surface area contributed by atoms with Crippen molar-refractivity contribution in [2.75, 3.05) is 0 Å². The van der Waals surface area contributed by atoms with E-state index in [1.54, 1.807) is 6.92 Å². The summed E-state index contributed by atoms with van der Waals surface area (Å²) in [7, 11) is 0. The first-order valence-corrected chi connectivity index (χ1v) is 6.75. The predicted octanol–water partition coefficient (Wildman–Crippen LogP) is 4.37. The fraction of sp³-hybridized carbons (Fsp3) is 0.133. The molecule has 0 spiro atoms. The van der Waals surface area contributed by atoms with Crippen LogP contribution in [0.5, 0.6) is 5.75 Å². The third-order valence-electron chi connectivity index (χ3n) is 2.79. The van der Waals surface area contributed by atoms with Gasteiger partial charge in [0, 0.05) is 16.1 Å². The minimum atomic E-state index is -0.398. The van der Waals surface area contributed by atoms with Gasteiger partial charge in [0.25, 0.3) is 0 Å². The Labute approximate surface area is 124 Å². The summed E-state index contributed by atoms with van der Waals surface area (Å²) in [6.07, 6.45) is 0. The van der Waals surface area contributed by atoms with E-state index in [1.807, 2.05) is 24.3 Å². The van der Waals surface area contributed by atoms with E-state index in [9.17, 15) is 4.39 Å². The molecule has 0 saturated heterocycles. The minimum Gasteiger partial charge on any atom is -0.488 e. The molecule has 2 aromatic carbocycles. The van der Waals surface area contributed by atoms with Gasteiger partial charge in [0.1, 0.15) is 18.2 Å². The fourth-order valence-electron chi connectivity index (χ4n) is 1.71. The van der Waals surface area contributed by atoms with Crippen molar-refractivity contribution in [1.29, 1.82) is 0 Å². The van der Waals surface area contributed by atoms with Gasteiger partial charge in [-0.15, -0.1) is 0 Å². The average molecular weight is 338 g/mol. The van der Waals surface area contributed by atoms with Gasteiger partial charge in [-0.3, -0.25) is 0 Å². The maximum atomic E-state index is 13.3. The quantitative estimate of drug-likeness (QED) is 0.511. The summed E-state index contributed by atoms with van der Waals surface area (Å²) in [5, 5.41) is 12.0. The van der Waals surface area contributed by atoms with Crippen molar-refractivity contribution in [3.05, 3.63) is 63.9 Å². The summed E-state index contributed by atoms with van der Waals surface area (Å²) in [6, 6.07) is 11.8. The zero-order valence-electron chi connectivity index (χ0n) is 10.8. The molecule has 0 fully saturated rings. The third kappa shape index (κ3) is 3.57. The molecule has 20 heavy (non-hydrogen) atoms. The topological polar surface area (TPSA) is 41.8 Å². The average Bonchev–Trinajstić information content (AvgIpc) is 2.46. The van der Waals surface area contributed by atoms with E-state index in [-0.39, 0.29) is 0 Å². The van der Waals surface area contributed by atoms with Crippen LogP contribution in [0.4, 0.5) is 4.39 Å².